The number of hydrogen-bond donors (Lipinski definition) is 2. The van der Waals surface area contributed by atoms with Gasteiger partial charge in [-0.05, 0) is 18.5 Å². The molecule has 0 aromatic rings. The Kier molecular flexibility index (Phi) is 9.96. The third-order valence-electron chi connectivity index (χ3n) is 2.41. The lowest BCUT2D eigenvalue weighted by Gasteiger charge is -2.21. The van der Waals surface area contributed by atoms with Crippen LogP contribution in [0.2, 0.25) is 25.7 Å². The predicted octanol–water partition coefficient (Wildman–Crippen LogP) is 2.00. The van der Waals surface area contributed by atoms with Crippen molar-refractivity contribution in [1.82, 2.24) is 10.4 Å². The molecule has 0 aliphatic carbocycles. The van der Waals surface area contributed by atoms with Crippen molar-refractivity contribution in [3.8, 4) is 0 Å². The second-order valence-electron chi connectivity index (χ2n) is 5.62. The van der Waals surface area contributed by atoms with E-state index in [4.69, 9.17) is 10.6 Å². The fraction of sp³-hybridized carbons (Fsp3) is 0.692. The van der Waals surface area contributed by atoms with Gasteiger partial charge in [0.15, 0.2) is 0 Å². The van der Waals surface area contributed by atoms with Crippen LogP contribution in [0, 0.1) is 0 Å². The Morgan fingerprint density at radius 3 is 2.70 bits per heavy atom. The largest absolute Gasteiger partial charge is 0.360 e. The van der Waals surface area contributed by atoms with E-state index in [-0.39, 0.29) is 0 Å². The number of nitrogens with two attached hydrogens (primary N) is 1. The first-order chi connectivity index (χ1) is 9.40. The molecule has 0 unspecified atom stereocenters. The zero-order valence-corrected chi connectivity index (χ0v) is 14.2. The van der Waals surface area contributed by atoms with Gasteiger partial charge in [-0.1, -0.05) is 26.6 Å². The lowest BCUT2D eigenvalue weighted by atomic mass is 10.5. The van der Waals surface area contributed by atoms with Gasteiger partial charge in [0.05, 0.1) is 6.54 Å². The molecule has 0 atom stereocenters. The molecule has 0 aliphatic heterocycles. The fourth-order valence-electron chi connectivity index (χ4n) is 1.24. The molecule has 0 bridgehead atoms. The van der Waals surface area contributed by atoms with Crippen LogP contribution in [0.15, 0.2) is 22.0 Å². The van der Waals surface area contributed by atoms with Crippen molar-refractivity contribution in [2.24, 2.45) is 15.9 Å². The molecular formula is C13H29N5OSi. The summed E-state index contributed by atoms with van der Waals surface area (Å²) in [4.78, 5) is 4.31. The molecule has 0 saturated heterocycles. The maximum absolute atomic E-state index is 5.95. The van der Waals surface area contributed by atoms with Crippen LogP contribution in [0.25, 0.3) is 0 Å². The Balaban J connectivity index is 4.26. The number of nitrogens with one attached hydrogen (secondary N) is 1. The number of ether oxygens (including phenoxy) is 1. The van der Waals surface area contributed by atoms with E-state index in [9.17, 15) is 0 Å². The summed E-state index contributed by atoms with van der Waals surface area (Å²) in [5.41, 5.74) is 2.74. The highest BCUT2D eigenvalue weighted by Gasteiger charge is 2.12. The molecule has 0 aromatic carbocycles. The van der Waals surface area contributed by atoms with Crippen LogP contribution in [0.3, 0.4) is 0 Å². The fourth-order valence-corrected chi connectivity index (χ4v) is 1.99. The van der Waals surface area contributed by atoms with E-state index in [2.05, 4.69) is 41.9 Å². The van der Waals surface area contributed by atoms with Gasteiger partial charge >= 0.3 is 0 Å². The van der Waals surface area contributed by atoms with Crippen molar-refractivity contribution in [3.05, 3.63) is 11.9 Å². The highest BCUT2D eigenvalue weighted by molar-refractivity contribution is 6.76. The monoisotopic (exact) mass is 299 g/mol. The zero-order valence-electron chi connectivity index (χ0n) is 13.2. The third kappa shape index (κ3) is 10.7. The zero-order chi connectivity index (χ0) is 15.4. The molecule has 0 heterocycles. The molecule has 0 radical (unpaired) electrons. The van der Waals surface area contributed by atoms with E-state index >= 15 is 0 Å². The number of aliphatic imine (C=N–C) groups is 1. The summed E-state index contributed by atoms with van der Waals surface area (Å²) in [7, 11) is -1.06. The summed E-state index contributed by atoms with van der Waals surface area (Å²) in [6.45, 7) is 13.9. The average molecular weight is 299 g/mol. The van der Waals surface area contributed by atoms with Crippen LogP contribution >= 0.6 is 0 Å². The molecule has 6 nitrogen and oxygen atoms in total. The summed E-state index contributed by atoms with van der Waals surface area (Å²) < 4.78 is 5.60. The molecular weight excluding hydrogens is 270 g/mol. The molecule has 0 aromatic heterocycles. The Hall–Kier alpha value is -1.18. The summed E-state index contributed by atoms with van der Waals surface area (Å²) in [5.74, 6) is 6.62. The van der Waals surface area contributed by atoms with Crippen LogP contribution in [0.1, 0.15) is 13.3 Å². The van der Waals surface area contributed by atoms with Crippen LogP contribution in [-0.4, -0.2) is 45.9 Å². The van der Waals surface area contributed by atoms with E-state index in [0.717, 1.165) is 19.1 Å². The van der Waals surface area contributed by atoms with Gasteiger partial charge in [-0.2, -0.15) is 5.10 Å². The second-order valence-corrected chi connectivity index (χ2v) is 11.2. The van der Waals surface area contributed by atoms with E-state index in [1.807, 2.05) is 19.2 Å². The Morgan fingerprint density at radius 2 is 2.15 bits per heavy atom. The minimum atomic E-state index is -1.06. The molecule has 20 heavy (non-hydrogen) atoms. The molecule has 0 rings (SSSR count). The average Bonchev–Trinajstić information content (AvgIpc) is 2.37. The van der Waals surface area contributed by atoms with Crippen molar-refractivity contribution in [3.63, 3.8) is 0 Å². The van der Waals surface area contributed by atoms with Crippen molar-refractivity contribution in [2.45, 2.75) is 39.0 Å². The summed E-state index contributed by atoms with van der Waals surface area (Å²) in [5, 5.41) is 5.07. The maximum Gasteiger partial charge on any atom is 0.141 e. The molecule has 0 fully saturated rings. The van der Waals surface area contributed by atoms with Crippen LogP contribution < -0.4 is 11.3 Å². The first-order valence-electron chi connectivity index (χ1n) is 6.92. The van der Waals surface area contributed by atoms with Gasteiger partial charge in [0.25, 0.3) is 0 Å². The Morgan fingerprint density at radius 1 is 1.45 bits per heavy atom. The highest BCUT2D eigenvalue weighted by atomic mass is 28.3. The Labute approximate surface area is 123 Å². The number of hydrogen-bond acceptors (Lipinski definition) is 6. The van der Waals surface area contributed by atoms with Crippen molar-refractivity contribution in [1.29, 1.82) is 0 Å². The van der Waals surface area contributed by atoms with E-state index in [1.54, 1.807) is 0 Å². The lowest BCUT2D eigenvalue weighted by Crippen LogP contribution is -2.33. The molecule has 0 spiro atoms. The number of hydrazine groups is 1. The lowest BCUT2D eigenvalue weighted by molar-refractivity contribution is 0.0539. The normalized spacial score (nSPS) is 12.8. The predicted molar refractivity (Wildman–Crippen MR) is 89.4 cm³/mol. The van der Waals surface area contributed by atoms with E-state index < -0.39 is 8.07 Å². The molecule has 0 aliphatic rings. The Bertz CT molecular complexity index is 325. The quantitative estimate of drug-likeness (QED) is 0.153. The number of rotatable bonds is 11. The third-order valence-corrected chi connectivity index (χ3v) is 4.12. The SMILES string of the molecule is C=NNC/C=C(/N=CCC)N(N)COCC[Si](C)(C)C. The van der Waals surface area contributed by atoms with Crippen molar-refractivity contribution in [2.75, 3.05) is 19.9 Å². The van der Waals surface area contributed by atoms with Crippen molar-refractivity contribution < 1.29 is 4.74 Å². The second kappa shape index (κ2) is 10.6. The molecule has 0 amide bonds. The topological polar surface area (TPSA) is 75.2 Å². The van der Waals surface area contributed by atoms with Gasteiger partial charge in [0.1, 0.15) is 12.6 Å². The van der Waals surface area contributed by atoms with Gasteiger partial charge in [-0.3, -0.25) is 5.01 Å². The molecule has 0 saturated carbocycles. The van der Waals surface area contributed by atoms with Gasteiger partial charge < -0.3 is 10.2 Å². The smallest absolute Gasteiger partial charge is 0.141 e. The van der Waals surface area contributed by atoms with Gasteiger partial charge in [0.2, 0.25) is 0 Å². The van der Waals surface area contributed by atoms with Crippen LogP contribution in [0.5, 0.6) is 0 Å². The molecule has 3 N–H and O–H groups in total. The van der Waals surface area contributed by atoms with Gasteiger partial charge in [0, 0.05) is 27.6 Å². The summed E-state index contributed by atoms with van der Waals surface area (Å²) in [6.07, 6.45) is 4.52. The first-order valence-corrected chi connectivity index (χ1v) is 10.6. The van der Waals surface area contributed by atoms with E-state index in [1.165, 1.54) is 5.01 Å². The van der Waals surface area contributed by atoms with Gasteiger partial charge in [-0.15, -0.1) is 0 Å². The number of nitrogens with zero attached hydrogens (tertiary/aromatic N) is 3. The number of hydrazone groups is 1. The summed E-state index contributed by atoms with van der Waals surface area (Å²) in [6, 6.07) is 1.13. The van der Waals surface area contributed by atoms with Crippen LogP contribution in [-0.2, 0) is 4.74 Å². The van der Waals surface area contributed by atoms with Crippen molar-refractivity contribution >= 4 is 21.0 Å². The van der Waals surface area contributed by atoms with Crippen LogP contribution in [0.4, 0.5) is 0 Å². The highest BCUT2D eigenvalue weighted by Crippen LogP contribution is 2.08. The summed E-state index contributed by atoms with van der Waals surface area (Å²) >= 11 is 0. The maximum atomic E-state index is 5.95. The van der Waals surface area contributed by atoms with E-state index in [0.29, 0.717) is 19.1 Å². The minimum absolute atomic E-state index is 0.332. The van der Waals surface area contributed by atoms with Gasteiger partial charge in [-0.25, -0.2) is 10.8 Å². The molecule has 116 valence electrons. The first kappa shape index (κ1) is 18.8. The minimum Gasteiger partial charge on any atom is -0.360 e. The molecule has 7 heteroatoms. The standard InChI is InChI=1S/C13H29N5OSi/c1-6-8-16-13(7-9-17-15-2)18(14)12-19-10-11-20(3,4)5/h7-8,17H,2,6,9-12,14H2,1,3-5H3/b13-7-,16-8?.